The molecule has 0 radical (unpaired) electrons. The fraction of sp³-hybridized carbons (Fsp3) is 0.467. The first-order chi connectivity index (χ1) is 9.35. The van der Waals surface area contributed by atoms with Gasteiger partial charge in [0.1, 0.15) is 0 Å². The molecule has 1 aromatic carbocycles. The van der Waals surface area contributed by atoms with Crippen molar-refractivity contribution in [1.29, 1.82) is 0 Å². The number of sulfone groups is 1. The summed E-state index contributed by atoms with van der Waals surface area (Å²) >= 11 is 6.01. The Morgan fingerprint density at radius 3 is 2.80 bits per heavy atom. The van der Waals surface area contributed by atoms with Crippen LogP contribution in [0.5, 0.6) is 0 Å². The summed E-state index contributed by atoms with van der Waals surface area (Å²) in [5.74, 6) is 0.487. The first kappa shape index (κ1) is 15.5. The monoisotopic (exact) mass is 313 g/mol. The lowest BCUT2D eigenvalue weighted by Crippen LogP contribution is -2.47. The van der Waals surface area contributed by atoms with E-state index in [1.807, 2.05) is 37.3 Å². The van der Waals surface area contributed by atoms with Crippen molar-refractivity contribution < 1.29 is 8.42 Å². The summed E-state index contributed by atoms with van der Waals surface area (Å²) in [6.07, 6.45) is 2.49. The van der Waals surface area contributed by atoms with Crippen molar-refractivity contribution in [2.75, 3.05) is 18.1 Å². The Hall–Kier alpha value is -0.840. The molecule has 0 saturated carbocycles. The zero-order valence-electron chi connectivity index (χ0n) is 11.7. The first-order valence-electron chi connectivity index (χ1n) is 6.65. The Bertz CT molecular complexity index is 600. The Kier molecular flexibility index (Phi) is 4.57. The highest BCUT2D eigenvalue weighted by Crippen LogP contribution is 2.31. The van der Waals surface area contributed by atoms with Crippen LogP contribution in [0.1, 0.15) is 18.9 Å². The molecule has 1 aromatic rings. The van der Waals surface area contributed by atoms with Crippen molar-refractivity contribution in [2.24, 2.45) is 0 Å². The third-order valence-electron chi connectivity index (χ3n) is 3.86. The van der Waals surface area contributed by atoms with Gasteiger partial charge in [-0.1, -0.05) is 29.8 Å². The number of hydrogen-bond donors (Lipinski definition) is 0. The van der Waals surface area contributed by atoms with E-state index >= 15 is 0 Å². The fourth-order valence-corrected chi connectivity index (χ4v) is 5.11. The molecule has 0 N–H and O–H groups in total. The quantitative estimate of drug-likeness (QED) is 0.784. The number of halogens is 1. The molecule has 2 rings (SSSR count). The summed E-state index contributed by atoms with van der Waals surface area (Å²) in [6.45, 7) is 7.15. The number of rotatable bonds is 5. The topological polar surface area (TPSA) is 37.4 Å². The van der Waals surface area contributed by atoms with Crippen LogP contribution in [0.15, 0.2) is 36.9 Å². The Balaban J connectivity index is 2.21. The van der Waals surface area contributed by atoms with Gasteiger partial charge in [0.15, 0.2) is 9.84 Å². The van der Waals surface area contributed by atoms with Crippen molar-refractivity contribution in [3.05, 3.63) is 47.5 Å². The Labute approximate surface area is 126 Å². The molecule has 110 valence electrons. The smallest absolute Gasteiger partial charge is 0.152 e. The highest BCUT2D eigenvalue weighted by Gasteiger charge is 2.42. The van der Waals surface area contributed by atoms with Crippen LogP contribution in [-0.4, -0.2) is 36.9 Å². The minimum absolute atomic E-state index is 0.217. The van der Waals surface area contributed by atoms with Crippen molar-refractivity contribution >= 4 is 21.4 Å². The maximum absolute atomic E-state index is 11.8. The molecule has 3 nitrogen and oxygen atoms in total. The van der Waals surface area contributed by atoms with Crippen molar-refractivity contribution in [1.82, 2.24) is 4.90 Å². The van der Waals surface area contributed by atoms with Gasteiger partial charge in [-0.15, -0.1) is 6.58 Å². The molecule has 5 heteroatoms. The van der Waals surface area contributed by atoms with Gasteiger partial charge in [-0.2, -0.15) is 0 Å². The van der Waals surface area contributed by atoms with E-state index in [4.69, 9.17) is 11.6 Å². The summed E-state index contributed by atoms with van der Waals surface area (Å²) < 4.78 is 23.6. The van der Waals surface area contributed by atoms with Gasteiger partial charge in [0, 0.05) is 23.7 Å². The van der Waals surface area contributed by atoms with E-state index < -0.39 is 9.84 Å². The van der Waals surface area contributed by atoms with Crippen LogP contribution in [-0.2, 0) is 16.4 Å². The van der Waals surface area contributed by atoms with Gasteiger partial charge >= 0.3 is 0 Å². The van der Waals surface area contributed by atoms with E-state index in [1.54, 1.807) is 0 Å². The normalized spacial score (nSPS) is 24.9. The highest BCUT2D eigenvalue weighted by molar-refractivity contribution is 7.91. The van der Waals surface area contributed by atoms with Crippen LogP contribution in [0.4, 0.5) is 0 Å². The molecule has 0 amide bonds. The Morgan fingerprint density at radius 2 is 2.25 bits per heavy atom. The molecule has 0 aliphatic carbocycles. The summed E-state index contributed by atoms with van der Waals surface area (Å²) in [7, 11) is -2.92. The van der Waals surface area contributed by atoms with E-state index in [-0.39, 0.29) is 17.0 Å². The molecule has 1 atom stereocenters. The predicted octanol–water partition coefficient (Wildman–Crippen LogP) is 2.91. The van der Waals surface area contributed by atoms with Gasteiger partial charge in [0.05, 0.1) is 11.5 Å². The second-order valence-electron chi connectivity index (χ2n) is 5.64. The lowest BCUT2D eigenvalue weighted by molar-refractivity contribution is 0.133. The third-order valence-corrected chi connectivity index (χ3v) is 5.98. The van der Waals surface area contributed by atoms with Gasteiger partial charge in [0.2, 0.25) is 0 Å². The number of benzene rings is 1. The van der Waals surface area contributed by atoms with Crippen LogP contribution < -0.4 is 0 Å². The van der Waals surface area contributed by atoms with E-state index in [2.05, 4.69) is 11.5 Å². The molecular formula is C15H20ClNO2S. The number of nitrogens with zero attached hydrogens (tertiary/aromatic N) is 1. The van der Waals surface area contributed by atoms with Crippen molar-refractivity contribution in [3.63, 3.8) is 0 Å². The zero-order chi connectivity index (χ0) is 14.8. The van der Waals surface area contributed by atoms with Gasteiger partial charge < -0.3 is 0 Å². The van der Waals surface area contributed by atoms with Gasteiger partial charge in [0.25, 0.3) is 0 Å². The minimum Gasteiger partial charge on any atom is -0.289 e. The summed E-state index contributed by atoms with van der Waals surface area (Å²) in [6, 6.07) is 7.68. The molecule has 1 heterocycles. The average Bonchev–Trinajstić information content (AvgIpc) is 2.64. The maximum atomic E-state index is 11.8. The predicted molar refractivity (Wildman–Crippen MR) is 83.7 cm³/mol. The lowest BCUT2D eigenvalue weighted by Gasteiger charge is -2.37. The molecular weight excluding hydrogens is 294 g/mol. The van der Waals surface area contributed by atoms with Crippen molar-refractivity contribution in [3.8, 4) is 0 Å². The van der Waals surface area contributed by atoms with Crippen molar-refractivity contribution in [2.45, 2.75) is 25.4 Å². The zero-order valence-corrected chi connectivity index (χ0v) is 13.3. The highest BCUT2D eigenvalue weighted by atomic mass is 35.5. The second-order valence-corrected chi connectivity index (χ2v) is 8.26. The molecule has 0 bridgehead atoms. The second kappa shape index (κ2) is 5.88. The summed E-state index contributed by atoms with van der Waals surface area (Å²) in [5.41, 5.74) is 0.764. The first-order valence-corrected chi connectivity index (χ1v) is 8.85. The largest absolute Gasteiger partial charge is 0.289 e. The molecule has 20 heavy (non-hydrogen) atoms. The molecule has 0 spiro atoms. The standard InChI is InChI=1S/C15H20ClNO2S/c1-3-8-17(11-13-5-4-6-14(16)10-13)15(2)7-9-20(18,19)12-15/h3-6,10H,1,7-9,11-12H2,2H3/t15-/m1/s1. The van der Waals surface area contributed by atoms with Gasteiger partial charge in [-0.3, -0.25) is 4.90 Å². The average molecular weight is 314 g/mol. The molecule has 0 aromatic heterocycles. The summed E-state index contributed by atoms with van der Waals surface area (Å²) in [4.78, 5) is 2.18. The lowest BCUT2D eigenvalue weighted by atomic mass is 9.98. The van der Waals surface area contributed by atoms with Crippen LogP contribution in [0.2, 0.25) is 5.02 Å². The van der Waals surface area contributed by atoms with Gasteiger partial charge in [-0.05, 0) is 31.0 Å². The molecule has 0 unspecified atom stereocenters. The van der Waals surface area contributed by atoms with Crippen LogP contribution in [0.3, 0.4) is 0 Å². The molecule has 1 aliphatic heterocycles. The Morgan fingerprint density at radius 1 is 1.50 bits per heavy atom. The third kappa shape index (κ3) is 3.62. The van der Waals surface area contributed by atoms with E-state index in [0.29, 0.717) is 24.5 Å². The number of hydrogen-bond acceptors (Lipinski definition) is 3. The van der Waals surface area contributed by atoms with Gasteiger partial charge in [-0.25, -0.2) is 8.42 Å². The van der Waals surface area contributed by atoms with E-state index in [9.17, 15) is 8.42 Å². The summed E-state index contributed by atoms with van der Waals surface area (Å²) in [5, 5.41) is 0.699. The minimum atomic E-state index is -2.92. The van der Waals surface area contributed by atoms with E-state index in [0.717, 1.165) is 5.56 Å². The van der Waals surface area contributed by atoms with Crippen LogP contribution in [0.25, 0.3) is 0 Å². The van der Waals surface area contributed by atoms with Crippen LogP contribution >= 0.6 is 11.6 Å². The SMILES string of the molecule is C=CCN(Cc1cccc(Cl)c1)[C@]1(C)CCS(=O)(=O)C1. The molecule has 1 fully saturated rings. The fourth-order valence-electron chi connectivity index (χ4n) is 2.73. The maximum Gasteiger partial charge on any atom is 0.152 e. The molecule has 1 aliphatic rings. The van der Waals surface area contributed by atoms with Crippen LogP contribution in [0, 0.1) is 0 Å². The molecule has 1 saturated heterocycles. The van der Waals surface area contributed by atoms with E-state index in [1.165, 1.54) is 0 Å².